The molecule has 2 atom stereocenters. The average molecular weight is 298 g/mol. The van der Waals surface area contributed by atoms with Gasteiger partial charge in [0.15, 0.2) is 0 Å². The second-order valence-electron chi connectivity index (χ2n) is 6.97. The molecule has 0 aliphatic rings. The van der Waals surface area contributed by atoms with Crippen LogP contribution in [0.5, 0.6) is 0 Å². The minimum absolute atomic E-state index is 0.460. The molecular formula is C20H43N. The Bertz CT molecular complexity index is 190. The lowest BCUT2D eigenvalue weighted by atomic mass is 9.87. The Balaban J connectivity index is 3.66. The van der Waals surface area contributed by atoms with Crippen molar-refractivity contribution in [2.75, 3.05) is 0 Å². The normalized spacial score (nSPS) is 14.3. The van der Waals surface area contributed by atoms with E-state index in [1.54, 1.807) is 0 Å². The third kappa shape index (κ3) is 13.4. The van der Waals surface area contributed by atoms with Crippen molar-refractivity contribution >= 4 is 0 Å². The molecule has 0 saturated carbocycles. The van der Waals surface area contributed by atoms with E-state index in [1.165, 1.54) is 96.3 Å². The minimum atomic E-state index is 0.460. The highest BCUT2D eigenvalue weighted by molar-refractivity contribution is 4.73. The first-order valence-electron chi connectivity index (χ1n) is 10.0. The van der Waals surface area contributed by atoms with Gasteiger partial charge in [-0.1, -0.05) is 97.8 Å². The zero-order valence-corrected chi connectivity index (χ0v) is 15.3. The number of rotatable bonds is 16. The topological polar surface area (TPSA) is 26.0 Å². The molecule has 1 nitrogen and oxygen atoms in total. The number of hydrogen-bond acceptors (Lipinski definition) is 1. The monoisotopic (exact) mass is 297 g/mol. The number of hydrogen-bond donors (Lipinski definition) is 1. The van der Waals surface area contributed by atoms with Crippen LogP contribution in [-0.2, 0) is 0 Å². The van der Waals surface area contributed by atoms with Crippen LogP contribution in [0.4, 0.5) is 0 Å². The van der Waals surface area contributed by atoms with Crippen molar-refractivity contribution < 1.29 is 0 Å². The van der Waals surface area contributed by atoms with E-state index in [0.29, 0.717) is 6.04 Å². The summed E-state index contributed by atoms with van der Waals surface area (Å²) in [5, 5.41) is 0. The van der Waals surface area contributed by atoms with Gasteiger partial charge in [-0.3, -0.25) is 0 Å². The fourth-order valence-corrected chi connectivity index (χ4v) is 3.35. The first-order chi connectivity index (χ1) is 10.3. The summed E-state index contributed by atoms with van der Waals surface area (Å²) >= 11 is 0. The van der Waals surface area contributed by atoms with E-state index in [0.717, 1.165) is 5.92 Å². The van der Waals surface area contributed by atoms with Crippen molar-refractivity contribution in [2.24, 2.45) is 11.7 Å². The summed E-state index contributed by atoms with van der Waals surface area (Å²) in [7, 11) is 0. The molecule has 0 saturated heterocycles. The lowest BCUT2D eigenvalue weighted by Crippen LogP contribution is -2.30. The summed E-state index contributed by atoms with van der Waals surface area (Å²) in [5.74, 6) is 0.784. The Labute approximate surface area is 135 Å². The predicted molar refractivity (Wildman–Crippen MR) is 97.7 cm³/mol. The van der Waals surface area contributed by atoms with Crippen LogP contribution in [0.3, 0.4) is 0 Å². The summed E-state index contributed by atoms with van der Waals surface area (Å²) in [4.78, 5) is 0. The zero-order chi connectivity index (χ0) is 15.8. The molecular weight excluding hydrogens is 254 g/mol. The Kier molecular flexibility index (Phi) is 16.3. The van der Waals surface area contributed by atoms with Crippen molar-refractivity contribution in [1.82, 2.24) is 0 Å². The van der Waals surface area contributed by atoms with E-state index in [-0.39, 0.29) is 0 Å². The van der Waals surface area contributed by atoms with Crippen molar-refractivity contribution in [1.29, 1.82) is 0 Å². The maximum atomic E-state index is 6.48. The van der Waals surface area contributed by atoms with Crippen molar-refractivity contribution in [3.8, 4) is 0 Å². The SMILES string of the molecule is CCCCCCCCCC(N)C(CCC)CCCCCC. The van der Waals surface area contributed by atoms with Gasteiger partial charge in [-0.15, -0.1) is 0 Å². The molecule has 0 spiro atoms. The van der Waals surface area contributed by atoms with Crippen LogP contribution < -0.4 is 5.73 Å². The van der Waals surface area contributed by atoms with Crippen molar-refractivity contribution in [2.45, 2.75) is 123 Å². The van der Waals surface area contributed by atoms with Gasteiger partial charge in [0.25, 0.3) is 0 Å². The van der Waals surface area contributed by atoms with Gasteiger partial charge < -0.3 is 5.73 Å². The minimum Gasteiger partial charge on any atom is -0.327 e. The Morgan fingerprint density at radius 3 is 1.57 bits per heavy atom. The fourth-order valence-electron chi connectivity index (χ4n) is 3.35. The van der Waals surface area contributed by atoms with Gasteiger partial charge in [-0.25, -0.2) is 0 Å². The molecule has 0 fully saturated rings. The van der Waals surface area contributed by atoms with E-state index in [2.05, 4.69) is 20.8 Å². The third-order valence-corrected chi connectivity index (χ3v) is 4.83. The molecule has 0 radical (unpaired) electrons. The van der Waals surface area contributed by atoms with Gasteiger partial charge >= 0.3 is 0 Å². The Morgan fingerprint density at radius 2 is 1.00 bits per heavy atom. The van der Waals surface area contributed by atoms with E-state index in [9.17, 15) is 0 Å². The highest BCUT2D eigenvalue weighted by atomic mass is 14.6. The fraction of sp³-hybridized carbons (Fsp3) is 1.00. The third-order valence-electron chi connectivity index (χ3n) is 4.83. The Hall–Kier alpha value is -0.0400. The van der Waals surface area contributed by atoms with Crippen LogP contribution in [0, 0.1) is 5.92 Å². The molecule has 128 valence electrons. The molecule has 1 heteroatoms. The zero-order valence-electron chi connectivity index (χ0n) is 15.3. The molecule has 0 aromatic carbocycles. The van der Waals surface area contributed by atoms with Crippen LogP contribution in [-0.4, -0.2) is 6.04 Å². The van der Waals surface area contributed by atoms with Crippen LogP contribution in [0.15, 0.2) is 0 Å². The summed E-state index contributed by atoms with van der Waals surface area (Å²) in [6.07, 6.45) is 20.6. The van der Waals surface area contributed by atoms with E-state index in [4.69, 9.17) is 5.73 Å². The molecule has 21 heavy (non-hydrogen) atoms. The van der Waals surface area contributed by atoms with Crippen molar-refractivity contribution in [3.05, 3.63) is 0 Å². The predicted octanol–water partition coefficient (Wildman–Crippen LogP) is 6.84. The lowest BCUT2D eigenvalue weighted by Gasteiger charge is -2.23. The molecule has 0 amide bonds. The van der Waals surface area contributed by atoms with Crippen LogP contribution in [0.2, 0.25) is 0 Å². The molecule has 2 N–H and O–H groups in total. The largest absolute Gasteiger partial charge is 0.327 e. The van der Waals surface area contributed by atoms with Crippen LogP contribution in [0.25, 0.3) is 0 Å². The number of nitrogens with two attached hydrogens (primary N) is 1. The average Bonchev–Trinajstić information content (AvgIpc) is 2.49. The molecule has 0 aliphatic heterocycles. The first-order valence-corrected chi connectivity index (χ1v) is 10.0. The highest BCUT2D eigenvalue weighted by Gasteiger charge is 2.16. The second kappa shape index (κ2) is 16.3. The van der Waals surface area contributed by atoms with Gasteiger partial charge in [0, 0.05) is 6.04 Å². The van der Waals surface area contributed by atoms with E-state index >= 15 is 0 Å². The molecule has 0 rings (SSSR count). The molecule has 0 bridgehead atoms. The van der Waals surface area contributed by atoms with E-state index in [1.807, 2.05) is 0 Å². The summed E-state index contributed by atoms with van der Waals surface area (Å²) < 4.78 is 0. The van der Waals surface area contributed by atoms with Gasteiger partial charge in [0.2, 0.25) is 0 Å². The lowest BCUT2D eigenvalue weighted by molar-refractivity contribution is 0.330. The summed E-state index contributed by atoms with van der Waals surface area (Å²) in [5.41, 5.74) is 6.48. The highest BCUT2D eigenvalue weighted by Crippen LogP contribution is 2.22. The van der Waals surface area contributed by atoms with Crippen molar-refractivity contribution in [3.63, 3.8) is 0 Å². The molecule has 0 aromatic rings. The van der Waals surface area contributed by atoms with Gasteiger partial charge in [0.05, 0.1) is 0 Å². The van der Waals surface area contributed by atoms with Gasteiger partial charge in [-0.05, 0) is 25.2 Å². The summed E-state index contributed by atoms with van der Waals surface area (Å²) in [6, 6.07) is 0.460. The molecule has 0 heterocycles. The summed E-state index contributed by atoms with van der Waals surface area (Å²) in [6.45, 7) is 6.88. The maximum Gasteiger partial charge on any atom is 0.00671 e. The second-order valence-corrected chi connectivity index (χ2v) is 6.97. The van der Waals surface area contributed by atoms with Crippen LogP contribution in [0.1, 0.15) is 117 Å². The quantitative estimate of drug-likeness (QED) is 0.310. The smallest absolute Gasteiger partial charge is 0.00671 e. The Morgan fingerprint density at radius 1 is 0.524 bits per heavy atom. The van der Waals surface area contributed by atoms with Crippen LogP contribution >= 0.6 is 0 Å². The van der Waals surface area contributed by atoms with Gasteiger partial charge in [0.1, 0.15) is 0 Å². The molecule has 0 aliphatic carbocycles. The van der Waals surface area contributed by atoms with Gasteiger partial charge in [-0.2, -0.15) is 0 Å². The molecule has 2 unspecified atom stereocenters. The molecule has 0 aromatic heterocycles. The maximum absolute atomic E-state index is 6.48. The van der Waals surface area contributed by atoms with E-state index < -0.39 is 0 Å². The standard InChI is InChI=1S/C20H43N/c1-4-7-9-11-12-13-15-18-20(21)19(16-6-3)17-14-10-8-5-2/h19-20H,4-18,21H2,1-3H3. The number of unbranched alkanes of at least 4 members (excludes halogenated alkanes) is 9. The first kappa shape index (κ1) is 21.0.